The van der Waals surface area contributed by atoms with Gasteiger partial charge in [0.1, 0.15) is 11.5 Å². The van der Waals surface area contributed by atoms with E-state index < -0.39 is 5.60 Å². The van der Waals surface area contributed by atoms with Crippen LogP contribution in [0, 0.1) is 17.8 Å². The number of methoxy groups -OCH3 is 2. The van der Waals surface area contributed by atoms with Crippen LogP contribution < -0.4 is 19.9 Å². The highest BCUT2D eigenvalue weighted by Crippen LogP contribution is 2.43. The highest BCUT2D eigenvalue weighted by molar-refractivity contribution is 6.04. The first kappa shape index (κ1) is 34.4. The lowest BCUT2D eigenvalue weighted by Crippen LogP contribution is -2.53. The van der Waals surface area contributed by atoms with E-state index in [-0.39, 0.29) is 35.5 Å². The van der Waals surface area contributed by atoms with Crippen LogP contribution in [0.4, 0.5) is 11.4 Å². The van der Waals surface area contributed by atoms with Crippen molar-refractivity contribution in [3.8, 4) is 5.75 Å². The van der Waals surface area contributed by atoms with Crippen LogP contribution in [-0.4, -0.2) is 76.3 Å². The number of Topliss-reactive ketones (excluding diaryl/α,β-unsaturated/α-hetero) is 1. The van der Waals surface area contributed by atoms with Crippen LogP contribution in [0.5, 0.6) is 5.75 Å². The topological polar surface area (TPSA) is 97.4 Å². The van der Waals surface area contributed by atoms with Crippen molar-refractivity contribution in [3.63, 3.8) is 0 Å². The quantitative estimate of drug-likeness (QED) is 0.310. The predicted molar refractivity (Wildman–Crippen MR) is 173 cm³/mol. The van der Waals surface area contributed by atoms with Crippen molar-refractivity contribution in [2.45, 2.75) is 103 Å². The maximum atomic E-state index is 13.6. The molecule has 246 valence electrons. The van der Waals surface area contributed by atoms with Crippen LogP contribution in [-0.2, 0) is 23.9 Å². The van der Waals surface area contributed by atoms with Gasteiger partial charge in [0.05, 0.1) is 11.6 Å². The number of anilines is 2. The normalized spacial score (nSPS) is 23.2. The molecule has 0 unspecified atom stereocenters. The fraction of sp³-hybridized carbons (Fsp3) is 0.743. The third-order valence-corrected chi connectivity index (χ3v) is 9.48. The Bertz CT molecular complexity index is 1110. The SMILES string of the molecule is COCCCC1CCCCC1.COCCCN1C(=O)C(C)(C)Oc2ccc(N(C(=O)[C@H]3CNC[C@@H](C(C)=O)C3)C3CC3)cc21. The van der Waals surface area contributed by atoms with Crippen molar-refractivity contribution in [1.29, 1.82) is 0 Å². The third kappa shape index (κ3) is 9.04. The Labute approximate surface area is 264 Å². The summed E-state index contributed by atoms with van der Waals surface area (Å²) in [5.74, 6) is 1.37. The number of hydrogen-bond donors (Lipinski definition) is 1. The fourth-order valence-electron chi connectivity index (χ4n) is 6.77. The van der Waals surface area contributed by atoms with E-state index in [0.717, 1.165) is 31.1 Å². The Morgan fingerprint density at radius 3 is 2.34 bits per heavy atom. The number of carbonyl (C=O) groups is 3. The predicted octanol–water partition coefficient (Wildman–Crippen LogP) is 5.53. The molecule has 2 atom stereocenters. The van der Waals surface area contributed by atoms with Gasteiger partial charge in [-0.25, -0.2) is 0 Å². The second-order valence-electron chi connectivity index (χ2n) is 13.5. The smallest absolute Gasteiger partial charge is 0.270 e. The molecule has 1 N–H and O–H groups in total. The van der Waals surface area contributed by atoms with E-state index in [2.05, 4.69) is 5.32 Å². The number of benzene rings is 1. The van der Waals surface area contributed by atoms with Gasteiger partial charge in [-0.05, 0) is 83.4 Å². The lowest BCUT2D eigenvalue weighted by atomic mass is 9.86. The first-order chi connectivity index (χ1) is 21.2. The van der Waals surface area contributed by atoms with E-state index in [1.807, 2.05) is 23.1 Å². The van der Waals surface area contributed by atoms with E-state index in [0.29, 0.717) is 50.5 Å². The molecule has 1 aromatic rings. The molecule has 5 rings (SSSR count). The number of fused-ring (bicyclic) bond motifs is 1. The molecule has 2 amide bonds. The first-order valence-electron chi connectivity index (χ1n) is 16.8. The minimum absolute atomic E-state index is 0.0465. The van der Waals surface area contributed by atoms with Crippen LogP contribution in [0.25, 0.3) is 0 Å². The van der Waals surface area contributed by atoms with Gasteiger partial charge < -0.3 is 29.3 Å². The number of ketones is 1. The molecule has 0 spiro atoms. The zero-order chi connectivity index (χ0) is 31.7. The summed E-state index contributed by atoms with van der Waals surface area (Å²) in [6.45, 7) is 8.38. The van der Waals surface area contributed by atoms with Crippen molar-refractivity contribution in [2.24, 2.45) is 17.8 Å². The molecule has 3 fully saturated rings. The van der Waals surface area contributed by atoms with E-state index in [4.69, 9.17) is 14.2 Å². The molecular formula is C35H55N3O6. The van der Waals surface area contributed by atoms with Gasteiger partial charge in [-0.2, -0.15) is 0 Å². The second kappa shape index (κ2) is 16.2. The number of nitrogens with zero attached hydrogens (tertiary/aromatic N) is 2. The van der Waals surface area contributed by atoms with Crippen molar-refractivity contribution in [1.82, 2.24) is 5.32 Å². The number of amides is 2. The largest absolute Gasteiger partial charge is 0.476 e. The maximum Gasteiger partial charge on any atom is 0.270 e. The molecule has 2 aliphatic carbocycles. The van der Waals surface area contributed by atoms with E-state index in [9.17, 15) is 14.4 Å². The van der Waals surface area contributed by atoms with Gasteiger partial charge in [-0.3, -0.25) is 14.4 Å². The minimum Gasteiger partial charge on any atom is -0.476 e. The molecular weight excluding hydrogens is 558 g/mol. The Balaban J connectivity index is 0.000000339. The van der Waals surface area contributed by atoms with Gasteiger partial charge in [0.15, 0.2) is 5.60 Å². The van der Waals surface area contributed by atoms with Gasteiger partial charge in [0, 0.05) is 64.7 Å². The number of carbonyl (C=O) groups excluding carboxylic acids is 3. The molecule has 1 saturated heterocycles. The van der Waals surface area contributed by atoms with Gasteiger partial charge in [0.2, 0.25) is 5.91 Å². The van der Waals surface area contributed by atoms with E-state index in [1.165, 1.54) is 44.9 Å². The van der Waals surface area contributed by atoms with Crippen LogP contribution in [0.3, 0.4) is 0 Å². The summed E-state index contributed by atoms with van der Waals surface area (Å²) in [6.07, 6.45) is 13.2. The molecule has 0 bridgehead atoms. The molecule has 2 heterocycles. The van der Waals surface area contributed by atoms with Crippen molar-refractivity contribution in [2.75, 3.05) is 56.9 Å². The fourth-order valence-corrected chi connectivity index (χ4v) is 6.77. The van der Waals surface area contributed by atoms with Crippen LogP contribution >= 0.6 is 0 Å². The zero-order valence-electron chi connectivity index (χ0n) is 27.7. The molecule has 0 aromatic heterocycles. The van der Waals surface area contributed by atoms with E-state index >= 15 is 0 Å². The highest BCUT2D eigenvalue weighted by atomic mass is 16.5. The summed E-state index contributed by atoms with van der Waals surface area (Å²) >= 11 is 0. The van der Waals surface area contributed by atoms with E-state index in [1.54, 1.807) is 39.9 Å². The van der Waals surface area contributed by atoms with Crippen LogP contribution in [0.15, 0.2) is 18.2 Å². The molecule has 4 aliphatic rings. The Morgan fingerprint density at radius 1 is 1.00 bits per heavy atom. The summed E-state index contributed by atoms with van der Waals surface area (Å²) in [7, 11) is 3.44. The third-order valence-electron chi connectivity index (χ3n) is 9.48. The summed E-state index contributed by atoms with van der Waals surface area (Å²) in [5, 5.41) is 3.26. The molecule has 9 nitrogen and oxygen atoms in total. The number of ether oxygens (including phenoxy) is 3. The molecule has 9 heteroatoms. The van der Waals surface area contributed by atoms with Gasteiger partial charge in [0.25, 0.3) is 5.91 Å². The molecule has 2 aliphatic heterocycles. The van der Waals surface area contributed by atoms with Crippen LogP contribution in [0.1, 0.15) is 91.4 Å². The molecule has 1 aromatic carbocycles. The average Bonchev–Trinajstić information content (AvgIpc) is 3.86. The first-order valence-corrected chi connectivity index (χ1v) is 16.8. The summed E-state index contributed by atoms with van der Waals surface area (Å²) in [5.41, 5.74) is 0.511. The number of rotatable bonds is 12. The van der Waals surface area contributed by atoms with Crippen LogP contribution in [0.2, 0.25) is 0 Å². The van der Waals surface area contributed by atoms with Crippen molar-refractivity contribution in [3.05, 3.63) is 18.2 Å². The summed E-state index contributed by atoms with van der Waals surface area (Å²) < 4.78 is 16.2. The zero-order valence-corrected chi connectivity index (χ0v) is 27.7. The monoisotopic (exact) mass is 613 g/mol. The van der Waals surface area contributed by atoms with Gasteiger partial charge in [-0.1, -0.05) is 32.1 Å². The molecule has 2 saturated carbocycles. The highest BCUT2D eigenvalue weighted by Gasteiger charge is 2.43. The summed E-state index contributed by atoms with van der Waals surface area (Å²) in [6, 6.07) is 5.84. The maximum absolute atomic E-state index is 13.6. The van der Waals surface area contributed by atoms with Crippen molar-refractivity contribution >= 4 is 29.0 Å². The molecule has 44 heavy (non-hydrogen) atoms. The summed E-state index contributed by atoms with van der Waals surface area (Å²) in [4.78, 5) is 42.3. The number of nitrogens with one attached hydrogen (secondary N) is 1. The Kier molecular flexibility index (Phi) is 12.6. The van der Waals surface area contributed by atoms with Gasteiger partial charge in [-0.15, -0.1) is 0 Å². The minimum atomic E-state index is -0.955. The average molecular weight is 614 g/mol. The lowest BCUT2D eigenvalue weighted by Gasteiger charge is -2.39. The van der Waals surface area contributed by atoms with Crippen molar-refractivity contribution < 1.29 is 28.6 Å². The standard InChI is InChI=1S/C25H35N3O5.C10H20O/c1-16(29)17-12-18(15-26-14-17)23(30)28(19-6-7-19)20-8-9-22-21(13-20)27(10-5-11-32-4)24(31)25(2,3)33-22;1-11-9-5-8-10-6-3-2-4-7-10/h8-9,13,17-19,26H,5-7,10-12,14-15H2,1-4H3;10H,2-9H2,1H3/t17-,18+;/m0./s1. The van der Waals surface area contributed by atoms with Gasteiger partial charge >= 0.3 is 0 Å². The second-order valence-corrected chi connectivity index (χ2v) is 13.5. The number of hydrogen-bond acceptors (Lipinski definition) is 7. The lowest BCUT2D eigenvalue weighted by molar-refractivity contribution is -0.132. The Hall–Kier alpha value is -2.49. The number of piperidine rings is 1. The molecule has 0 radical (unpaired) electrons. The Morgan fingerprint density at radius 2 is 1.68 bits per heavy atom.